The molecule has 3 heteroatoms. The minimum Gasteiger partial charge on any atom is -0.329 e. The Morgan fingerprint density at radius 2 is 1.59 bits per heavy atom. The first-order valence-electron chi connectivity index (χ1n) is 7.35. The van der Waals surface area contributed by atoms with E-state index < -0.39 is 0 Å². The molecule has 3 nitrogen and oxygen atoms in total. The summed E-state index contributed by atoms with van der Waals surface area (Å²) in [5, 5.41) is 3.64. The van der Waals surface area contributed by atoms with Gasteiger partial charge in [-0.15, -0.1) is 0 Å². The fraction of sp³-hybridized carbons (Fsp3) is 1.00. The molecule has 17 heavy (non-hydrogen) atoms. The van der Waals surface area contributed by atoms with Gasteiger partial charge in [0.05, 0.1) is 0 Å². The summed E-state index contributed by atoms with van der Waals surface area (Å²) in [6.45, 7) is 15.3. The van der Waals surface area contributed by atoms with E-state index in [9.17, 15) is 0 Å². The highest BCUT2D eigenvalue weighted by Crippen LogP contribution is 2.29. The molecule has 0 fully saturated rings. The van der Waals surface area contributed by atoms with Crippen LogP contribution in [-0.2, 0) is 0 Å². The summed E-state index contributed by atoms with van der Waals surface area (Å²) in [5.41, 5.74) is 5.91. The van der Waals surface area contributed by atoms with Gasteiger partial charge in [-0.2, -0.15) is 0 Å². The molecule has 1 atom stereocenters. The van der Waals surface area contributed by atoms with Gasteiger partial charge in [0.25, 0.3) is 0 Å². The number of likely N-dealkylation sites (N-methyl/N-ethyl adjacent to an activating group) is 1. The summed E-state index contributed by atoms with van der Waals surface area (Å²) < 4.78 is 0. The maximum atomic E-state index is 5.62. The van der Waals surface area contributed by atoms with E-state index in [2.05, 4.69) is 44.8 Å². The second-order valence-electron chi connectivity index (χ2n) is 4.69. The number of nitrogens with zero attached hydrogens (tertiary/aromatic N) is 1. The van der Waals surface area contributed by atoms with E-state index >= 15 is 0 Å². The third-order valence-electron chi connectivity index (χ3n) is 4.21. The first-order valence-corrected chi connectivity index (χ1v) is 7.35. The number of rotatable bonds is 10. The van der Waals surface area contributed by atoms with Crippen LogP contribution < -0.4 is 11.1 Å². The number of nitrogens with two attached hydrogens (primary N) is 1. The van der Waals surface area contributed by atoms with E-state index in [1.165, 1.54) is 12.8 Å². The van der Waals surface area contributed by atoms with Crippen LogP contribution in [0.3, 0.4) is 0 Å². The van der Waals surface area contributed by atoms with E-state index in [0.29, 0.717) is 6.04 Å². The van der Waals surface area contributed by atoms with E-state index in [1.54, 1.807) is 0 Å². The van der Waals surface area contributed by atoms with Gasteiger partial charge < -0.3 is 11.1 Å². The fourth-order valence-electron chi connectivity index (χ4n) is 3.24. The number of hydrogen-bond acceptors (Lipinski definition) is 3. The zero-order valence-electron chi connectivity index (χ0n) is 12.6. The van der Waals surface area contributed by atoms with Gasteiger partial charge in [-0.25, -0.2) is 0 Å². The average Bonchev–Trinajstić information content (AvgIpc) is 2.38. The van der Waals surface area contributed by atoms with Gasteiger partial charge in [-0.05, 0) is 32.4 Å². The molecular formula is C14H33N3. The maximum Gasteiger partial charge on any atom is 0.0356 e. The Kier molecular flexibility index (Phi) is 8.83. The van der Waals surface area contributed by atoms with Crippen molar-refractivity contribution in [3.63, 3.8) is 0 Å². The summed E-state index contributed by atoms with van der Waals surface area (Å²) >= 11 is 0. The highest BCUT2D eigenvalue weighted by atomic mass is 15.2. The van der Waals surface area contributed by atoms with Crippen LogP contribution in [0.2, 0.25) is 0 Å². The molecule has 0 heterocycles. The molecule has 0 saturated heterocycles. The molecule has 3 N–H and O–H groups in total. The Morgan fingerprint density at radius 3 is 1.88 bits per heavy atom. The van der Waals surface area contributed by atoms with Crippen LogP contribution in [0.25, 0.3) is 0 Å². The Balaban J connectivity index is 4.97. The zero-order valence-corrected chi connectivity index (χ0v) is 12.6. The molecule has 0 radical (unpaired) electrons. The van der Waals surface area contributed by atoms with Crippen LogP contribution in [0.1, 0.15) is 53.9 Å². The second kappa shape index (κ2) is 8.90. The lowest BCUT2D eigenvalue weighted by Gasteiger charge is -2.48. The molecule has 0 amide bonds. The predicted octanol–water partition coefficient (Wildman–Crippen LogP) is 2.21. The highest BCUT2D eigenvalue weighted by Gasteiger charge is 2.38. The Morgan fingerprint density at radius 1 is 1.06 bits per heavy atom. The van der Waals surface area contributed by atoms with E-state index in [4.69, 9.17) is 5.73 Å². The summed E-state index contributed by atoms with van der Waals surface area (Å²) in [4.78, 5) is 2.62. The molecule has 0 bridgehead atoms. The van der Waals surface area contributed by atoms with Crippen molar-refractivity contribution < 1.29 is 0 Å². The van der Waals surface area contributed by atoms with Crippen LogP contribution in [0.5, 0.6) is 0 Å². The van der Waals surface area contributed by atoms with Gasteiger partial charge in [0.2, 0.25) is 0 Å². The molecule has 104 valence electrons. The molecule has 0 aliphatic rings. The molecule has 0 aromatic heterocycles. The standard InChI is InChI=1S/C14H33N3/c1-6-13(16-12-11-15)14(7-2,8-3)17(9-4)10-5/h13,16H,6-12,15H2,1-5H3. The molecule has 0 aliphatic heterocycles. The van der Waals surface area contributed by atoms with Crippen molar-refractivity contribution in [2.75, 3.05) is 26.2 Å². The van der Waals surface area contributed by atoms with Crippen LogP contribution in [0, 0.1) is 0 Å². The van der Waals surface area contributed by atoms with Crippen LogP contribution in [-0.4, -0.2) is 42.7 Å². The molecule has 0 rings (SSSR count). The van der Waals surface area contributed by atoms with Crippen molar-refractivity contribution in [3.05, 3.63) is 0 Å². The smallest absolute Gasteiger partial charge is 0.0356 e. The van der Waals surface area contributed by atoms with Crippen LogP contribution in [0.4, 0.5) is 0 Å². The minimum absolute atomic E-state index is 0.285. The van der Waals surface area contributed by atoms with E-state index in [1.807, 2.05) is 0 Å². The quantitative estimate of drug-likeness (QED) is 0.618. The summed E-state index contributed by atoms with van der Waals surface area (Å²) in [6.07, 6.45) is 3.56. The third kappa shape index (κ3) is 3.94. The molecule has 0 spiro atoms. The van der Waals surface area contributed by atoms with Crippen molar-refractivity contribution in [3.8, 4) is 0 Å². The monoisotopic (exact) mass is 243 g/mol. The average molecular weight is 243 g/mol. The lowest BCUT2D eigenvalue weighted by Crippen LogP contribution is -2.61. The largest absolute Gasteiger partial charge is 0.329 e. The summed E-state index contributed by atoms with van der Waals surface area (Å²) in [7, 11) is 0. The Hall–Kier alpha value is -0.120. The lowest BCUT2D eigenvalue weighted by molar-refractivity contribution is 0.0481. The van der Waals surface area contributed by atoms with Crippen LogP contribution >= 0.6 is 0 Å². The van der Waals surface area contributed by atoms with Gasteiger partial charge in [-0.3, -0.25) is 4.90 Å². The predicted molar refractivity (Wildman–Crippen MR) is 77.4 cm³/mol. The SMILES string of the molecule is CCC(NCCN)C(CC)(CC)N(CC)CC. The molecule has 1 unspecified atom stereocenters. The fourth-order valence-corrected chi connectivity index (χ4v) is 3.24. The van der Waals surface area contributed by atoms with Gasteiger partial charge in [0, 0.05) is 24.7 Å². The minimum atomic E-state index is 0.285. The van der Waals surface area contributed by atoms with E-state index in [0.717, 1.165) is 32.6 Å². The molecule has 0 aliphatic carbocycles. The first-order chi connectivity index (χ1) is 8.16. The van der Waals surface area contributed by atoms with Crippen molar-refractivity contribution in [2.45, 2.75) is 65.5 Å². The maximum absolute atomic E-state index is 5.62. The molecular weight excluding hydrogens is 210 g/mol. The van der Waals surface area contributed by atoms with Crippen molar-refractivity contribution in [1.82, 2.24) is 10.2 Å². The first kappa shape index (κ1) is 16.9. The lowest BCUT2D eigenvalue weighted by atomic mass is 9.81. The number of nitrogens with one attached hydrogen (secondary N) is 1. The van der Waals surface area contributed by atoms with Crippen molar-refractivity contribution in [1.29, 1.82) is 0 Å². The van der Waals surface area contributed by atoms with Crippen molar-refractivity contribution in [2.24, 2.45) is 5.73 Å². The third-order valence-corrected chi connectivity index (χ3v) is 4.21. The highest BCUT2D eigenvalue weighted by molar-refractivity contribution is 4.98. The van der Waals surface area contributed by atoms with Gasteiger partial charge in [-0.1, -0.05) is 34.6 Å². The molecule has 0 saturated carbocycles. The van der Waals surface area contributed by atoms with Gasteiger partial charge >= 0.3 is 0 Å². The topological polar surface area (TPSA) is 41.3 Å². The second-order valence-corrected chi connectivity index (χ2v) is 4.69. The molecule has 0 aromatic carbocycles. The van der Waals surface area contributed by atoms with E-state index in [-0.39, 0.29) is 5.54 Å². The normalized spacial score (nSPS) is 14.3. The zero-order chi connectivity index (χ0) is 13.3. The van der Waals surface area contributed by atoms with Crippen molar-refractivity contribution >= 4 is 0 Å². The summed E-state index contributed by atoms with van der Waals surface area (Å²) in [6, 6.07) is 0.543. The Labute approximate surface area is 108 Å². The van der Waals surface area contributed by atoms with Gasteiger partial charge in [0.1, 0.15) is 0 Å². The van der Waals surface area contributed by atoms with Crippen LogP contribution in [0.15, 0.2) is 0 Å². The summed E-state index contributed by atoms with van der Waals surface area (Å²) in [5.74, 6) is 0. The van der Waals surface area contributed by atoms with Gasteiger partial charge in [0.15, 0.2) is 0 Å². The molecule has 0 aromatic rings. The number of hydrogen-bond donors (Lipinski definition) is 2. The Bertz CT molecular complexity index is 174.